The summed E-state index contributed by atoms with van der Waals surface area (Å²) < 4.78 is 12.1. The Bertz CT molecular complexity index is 1080. The van der Waals surface area contributed by atoms with Crippen LogP contribution in [-0.2, 0) is 0 Å². The van der Waals surface area contributed by atoms with Crippen LogP contribution < -0.4 is 10.2 Å². The van der Waals surface area contributed by atoms with Crippen LogP contribution in [0.2, 0.25) is 0 Å². The fraction of sp³-hybridized carbons (Fsp3) is 0.0588. The maximum absolute atomic E-state index is 12.5. The van der Waals surface area contributed by atoms with Crippen LogP contribution in [0.15, 0.2) is 53.2 Å². The molecule has 0 amide bonds. The van der Waals surface area contributed by atoms with Crippen molar-refractivity contribution in [2.24, 2.45) is 0 Å². The summed E-state index contributed by atoms with van der Waals surface area (Å²) >= 11 is 0. The van der Waals surface area contributed by atoms with Gasteiger partial charge in [0.15, 0.2) is 16.8 Å². The van der Waals surface area contributed by atoms with Gasteiger partial charge < -0.3 is 9.15 Å². The van der Waals surface area contributed by atoms with Crippen molar-refractivity contribution >= 4 is 16.9 Å². The van der Waals surface area contributed by atoms with Crippen LogP contribution in [0.25, 0.3) is 22.4 Å². The number of carbonyl (C=O) groups is 1. The molecule has 4 rings (SSSR count). The van der Waals surface area contributed by atoms with Crippen molar-refractivity contribution in [1.29, 1.82) is 5.41 Å². The van der Waals surface area contributed by atoms with Gasteiger partial charge in [-0.3, -0.25) is 15.2 Å². The van der Waals surface area contributed by atoms with Crippen LogP contribution in [0.1, 0.15) is 10.4 Å². The van der Waals surface area contributed by atoms with Crippen molar-refractivity contribution in [2.75, 3.05) is 7.11 Å². The van der Waals surface area contributed by atoms with Crippen molar-refractivity contribution < 1.29 is 13.9 Å². The summed E-state index contributed by atoms with van der Waals surface area (Å²) in [5.74, 6) is 0.361. The first-order valence-electron chi connectivity index (χ1n) is 7.18. The molecular weight excluding hydrogens is 308 g/mol. The first-order valence-corrected chi connectivity index (χ1v) is 7.18. The number of hydrogen-bond acceptors (Lipinski definition) is 6. The lowest BCUT2D eigenvalue weighted by Gasteiger charge is -2.05. The second-order valence-corrected chi connectivity index (χ2v) is 5.15. The predicted molar refractivity (Wildman–Crippen MR) is 85.0 cm³/mol. The van der Waals surface area contributed by atoms with Crippen LogP contribution >= 0.6 is 0 Å². The van der Waals surface area contributed by atoms with E-state index in [1.165, 1.54) is 12.4 Å². The Morgan fingerprint density at radius 3 is 2.79 bits per heavy atom. The number of ether oxygens (including phenoxy) is 1. The molecule has 0 atom stereocenters. The third kappa shape index (κ3) is 2.06. The Morgan fingerprint density at radius 2 is 2.04 bits per heavy atom. The van der Waals surface area contributed by atoms with E-state index in [-0.39, 0.29) is 11.4 Å². The zero-order chi connectivity index (χ0) is 16.7. The predicted octanol–water partition coefficient (Wildman–Crippen LogP) is 2.31. The normalized spacial score (nSPS) is 11.0. The van der Waals surface area contributed by atoms with Gasteiger partial charge in [-0.25, -0.2) is 0 Å². The Kier molecular flexibility index (Phi) is 3.13. The average molecular weight is 320 g/mol. The van der Waals surface area contributed by atoms with Crippen LogP contribution in [0.3, 0.4) is 0 Å². The van der Waals surface area contributed by atoms with E-state index in [0.29, 0.717) is 22.5 Å². The smallest absolute Gasteiger partial charge is 0.280 e. The summed E-state index contributed by atoms with van der Waals surface area (Å²) in [4.78, 5) is 16.4. The van der Waals surface area contributed by atoms with Crippen LogP contribution in [-0.4, -0.2) is 27.8 Å². The number of para-hydroxylation sites is 1. The SMILES string of the molecule is COc1cccc2cc3c(=N)n(C(=O)c4ccncc4)nc-3oc12. The molecule has 118 valence electrons. The Balaban J connectivity index is 1.95. The number of benzene rings is 1. The van der Waals surface area contributed by atoms with Gasteiger partial charge in [-0.05, 0) is 24.3 Å². The van der Waals surface area contributed by atoms with Gasteiger partial charge in [0.25, 0.3) is 5.91 Å². The van der Waals surface area contributed by atoms with E-state index in [1.807, 2.05) is 12.1 Å². The Hall–Kier alpha value is -3.48. The lowest BCUT2D eigenvalue weighted by Crippen LogP contribution is -2.25. The minimum absolute atomic E-state index is 0.0275. The molecule has 0 unspecified atom stereocenters. The molecule has 0 fully saturated rings. The first-order chi connectivity index (χ1) is 11.7. The number of nitrogens with one attached hydrogen (secondary N) is 1. The largest absolute Gasteiger partial charge is 0.493 e. The third-order valence-corrected chi connectivity index (χ3v) is 3.74. The van der Waals surface area contributed by atoms with E-state index in [0.717, 1.165) is 10.1 Å². The first kappa shape index (κ1) is 14.1. The summed E-state index contributed by atoms with van der Waals surface area (Å²) in [6.07, 6.45) is 3.03. The van der Waals surface area contributed by atoms with Gasteiger partial charge in [-0.1, -0.05) is 12.1 Å². The number of aromatic nitrogens is 3. The van der Waals surface area contributed by atoms with Gasteiger partial charge in [0.2, 0.25) is 5.89 Å². The molecule has 0 bridgehead atoms. The fourth-order valence-electron chi connectivity index (χ4n) is 2.55. The topological polar surface area (TPSA) is 94.0 Å². The number of nitrogens with zero attached hydrogens (tertiary/aromatic N) is 3. The summed E-state index contributed by atoms with van der Waals surface area (Å²) in [7, 11) is 1.55. The Morgan fingerprint density at radius 1 is 1.25 bits per heavy atom. The van der Waals surface area contributed by atoms with E-state index in [2.05, 4.69) is 10.1 Å². The maximum Gasteiger partial charge on any atom is 0.280 e. The zero-order valence-electron chi connectivity index (χ0n) is 12.7. The molecule has 7 heteroatoms. The molecule has 2 aromatic rings. The molecule has 7 nitrogen and oxygen atoms in total. The second kappa shape index (κ2) is 5.31. The molecule has 2 aliphatic heterocycles. The van der Waals surface area contributed by atoms with Gasteiger partial charge in [-0.2, -0.15) is 4.68 Å². The molecule has 0 radical (unpaired) electrons. The number of carbonyl (C=O) groups excluding carboxylic acids is 1. The van der Waals surface area contributed by atoms with E-state index in [4.69, 9.17) is 14.6 Å². The second-order valence-electron chi connectivity index (χ2n) is 5.15. The van der Waals surface area contributed by atoms with Gasteiger partial charge in [0, 0.05) is 23.3 Å². The molecular formula is C17H12N4O3. The van der Waals surface area contributed by atoms with Gasteiger partial charge >= 0.3 is 0 Å². The molecule has 1 aromatic carbocycles. The van der Waals surface area contributed by atoms with Gasteiger partial charge in [-0.15, -0.1) is 5.10 Å². The highest BCUT2D eigenvalue weighted by atomic mass is 16.5. The van der Waals surface area contributed by atoms with Gasteiger partial charge in [0.1, 0.15) is 0 Å². The molecule has 0 aliphatic carbocycles. The molecule has 3 heterocycles. The summed E-state index contributed by atoms with van der Waals surface area (Å²) in [6, 6.07) is 10.4. The Labute approximate surface area is 136 Å². The minimum atomic E-state index is -0.412. The van der Waals surface area contributed by atoms with Crippen LogP contribution in [0, 0.1) is 5.41 Å². The molecule has 24 heavy (non-hydrogen) atoms. The minimum Gasteiger partial charge on any atom is -0.493 e. The molecule has 1 aromatic heterocycles. The fourth-order valence-corrected chi connectivity index (χ4v) is 2.55. The number of rotatable bonds is 2. The quantitative estimate of drug-likeness (QED) is 0.611. The van der Waals surface area contributed by atoms with Crippen molar-refractivity contribution in [2.45, 2.75) is 0 Å². The highest BCUT2D eigenvalue weighted by molar-refractivity contribution is 5.96. The van der Waals surface area contributed by atoms with Crippen molar-refractivity contribution in [3.63, 3.8) is 0 Å². The highest BCUT2D eigenvalue weighted by Gasteiger charge is 2.21. The number of pyridine rings is 1. The molecule has 0 saturated heterocycles. The van der Waals surface area contributed by atoms with E-state index < -0.39 is 5.91 Å². The third-order valence-electron chi connectivity index (χ3n) is 3.74. The standard InChI is InChI=1S/C17H12N4O3/c1-23-13-4-2-3-11-9-12-15(18)21(20-16(12)24-14(11)13)17(22)10-5-7-19-8-6-10/h2-9,18H,1H3. The summed E-state index contributed by atoms with van der Waals surface area (Å²) in [5, 5.41) is 13.2. The van der Waals surface area contributed by atoms with E-state index in [1.54, 1.807) is 31.4 Å². The number of hydrogen-bond donors (Lipinski definition) is 1. The molecule has 2 aliphatic rings. The summed E-state index contributed by atoms with van der Waals surface area (Å²) in [5.41, 5.74) is 1.35. The molecule has 1 N–H and O–H groups in total. The zero-order valence-corrected chi connectivity index (χ0v) is 12.7. The maximum atomic E-state index is 12.5. The molecule has 0 spiro atoms. The highest BCUT2D eigenvalue weighted by Crippen LogP contribution is 2.30. The van der Waals surface area contributed by atoms with Crippen molar-refractivity contribution in [3.05, 3.63) is 59.8 Å². The van der Waals surface area contributed by atoms with Crippen molar-refractivity contribution in [3.8, 4) is 17.2 Å². The monoisotopic (exact) mass is 320 g/mol. The average Bonchev–Trinajstić information content (AvgIpc) is 2.95. The van der Waals surface area contributed by atoms with E-state index in [9.17, 15) is 4.79 Å². The van der Waals surface area contributed by atoms with Gasteiger partial charge in [0.05, 0.1) is 12.7 Å². The van der Waals surface area contributed by atoms with E-state index >= 15 is 0 Å². The lowest BCUT2D eigenvalue weighted by molar-refractivity contribution is 0.0939. The molecule has 0 saturated carbocycles. The lowest BCUT2D eigenvalue weighted by atomic mass is 10.1. The van der Waals surface area contributed by atoms with Crippen molar-refractivity contribution in [1.82, 2.24) is 14.8 Å². The number of methoxy groups -OCH3 is 1. The van der Waals surface area contributed by atoms with Crippen LogP contribution in [0.4, 0.5) is 0 Å². The number of fused-ring (bicyclic) bond motifs is 2. The summed E-state index contributed by atoms with van der Waals surface area (Å²) in [6.45, 7) is 0. The van der Waals surface area contributed by atoms with Crippen LogP contribution in [0.5, 0.6) is 5.75 Å².